The zero-order valence-corrected chi connectivity index (χ0v) is 12.4. The van der Waals surface area contributed by atoms with E-state index in [1.54, 1.807) is 12.5 Å². The highest BCUT2D eigenvalue weighted by Crippen LogP contribution is 2.28. The molecule has 0 saturated heterocycles. The summed E-state index contributed by atoms with van der Waals surface area (Å²) in [4.78, 5) is 18.2. The molecule has 1 saturated carbocycles. The van der Waals surface area contributed by atoms with Gasteiger partial charge in [0, 0.05) is 38.4 Å². The van der Waals surface area contributed by atoms with E-state index in [1.165, 1.54) is 0 Å². The van der Waals surface area contributed by atoms with Gasteiger partial charge in [-0.3, -0.25) is 4.79 Å². The molecule has 0 spiro atoms. The van der Waals surface area contributed by atoms with Crippen LogP contribution in [0.3, 0.4) is 0 Å². The monoisotopic (exact) mass is 279 g/mol. The van der Waals surface area contributed by atoms with Crippen molar-refractivity contribution in [3.05, 3.63) is 18.7 Å². The highest BCUT2D eigenvalue weighted by molar-refractivity contribution is 5.76. The van der Waals surface area contributed by atoms with Crippen LogP contribution in [0.25, 0.3) is 0 Å². The van der Waals surface area contributed by atoms with Gasteiger partial charge >= 0.3 is 0 Å². The molecule has 0 aromatic carbocycles. The van der Waals surface area contributed by atoms with Crippen molar-refractivity contribution in [3.8, 4) is 0 Å². The van der Waals surface area contributed by atoms with Gasteiger partial charge in [-0.1, -0.05) is 13.3 Å². The van der Waals surface area contributed by atoms with Gasteiger partial charge < -0.3 is 14.6 Å². The number of aromatic nitrogens is 2. The minimum Gasteiger partial charge on any atom is -0.393 e. The Morgan fingerprint density at radius 1 is 1.55 bits per heavy atom. The fourth-order valence-electron chi connectivity index (χ4n) is 2.87. The number of nitrogens with zero attached hydrogens (tertiary/aromatic N) is 3. The topological polar surface area (TPSA) is 58.4 Å². The van der Waals surface area contributed by atoms with Gasteiger partial charge in [0.25, 0.3) is 0 Å². The van der Waals surface area contributed by atoms with Crippen molar-refractivity contribution in [2.24, 2.45) is 5.92 Å². The van der Waals surface area contributed by atoms with Crippen LogP contribution >= 0.6 is 0 Å². The Balaban J connectivity index is 1.84. The molecule has 2 rings (SSSR count). The van der Waals surface area contributed by atoms with E-state index < -0.39 is 0 Å². The molecule has 1 fully saturated rings. The number of amides is 1. The fourth-order valence-corrected chi connectivity index (χ4v) is 2.87. The summed E-state index contributed by atoms with van der Waals surface area (Å²) in [6, 6.07) is 0.199. The summed E-state index contributed by atoms with van der Waals surface area (Å²) in [5.74, 6) is 0.648. The Hall–Kier alpha value is -1.36. The van der Waals surface area contributed by atoms with E-state index in [0.29, 0.717) is 12.3 Å². The molecule has 1 aliphatic carbocycles. The number of rotatable bonds is 7. The first kappa shape index (κ1) is 15.0. The third-order valence-electron chi connectivity index (χ3n) is 4.15. The largest absolute Gasteiger partial charge is 0.393 e. The molecule has 0 bridgehead atoms. The minimum atomic E-state index is -0.151. The lowest BCUT2D eigenvalue weighted by molar-refractivity contribution is -0.132. The molecule has 0 radical (unpaired) electrons. The molecule has 1 amide bonds. The molecule has 20 heavy (non-hydrogen) atoms. The van der Waals surface area contributed by atoms with Crippen LogP contribution in [0.2, 0.25) is 0 Å². The van der Waals surface area contributed by atoms with Gasteiger partial charge in [0.15, 0.2) is 0 Å². The first-order chi connectivity index (χ1) is 9.60. The van der Waals surface area contributed by atoms with E-state index >= 15 is 0 Å². The van der Waals surface area contributed by atoms with E-state index in [2.05, 4.69) is 11.9 Å². The summed E-state index contributed by atoms with van der Waals surface area (Å²) in [5, 5.41) is 9.30. The van der Waals surface area contributed by atoms with Crippen LogP contribution in [0.15, 0.2) is 18.7 Å². The molecular weight excluding hydrogens is 254 g/mol. The van der Waals surface area contributed by atoms with Gasteiger partial charge in [-0.2, -0.15) is 0 Å². The van der Waals surface area contributed by atoms with E-state index in [-0.39, 0.29) is 18.1 Å². The summed E-state index contributed by atoms with van der Waals surface area (Å²) in [6.45, 7) is 2.90. The summed E-state index contributed by atoms with van der Waals surface area (Å²) >= 11 is 0. The zero-order chi connectivity index (χ0) is 14.5. The number of aliphatic hydroxyl groups is 1. The second kappa shape index (κ2) is 6.88. The van der Waals surface area contributed by atoms with Gasteiger partial charge in [-0.15, -0.1) is 0 Å². The second-order valence-electron chi connectivity index (χ2n) is 5.92. The van der Waals surface area contributed by atoms with Gasteiger partial charge in [0.2, 0.25) is 5.91 Å². The maximum absolute atomic E-state index is 12.3. The highest BCUT2D eigenvalue weighted by Gasteiger charge is 2.29. The fraction of sp³-hybridized carbons (Fsp3) is 0.733. The predicted octanol–water partition coefficient (Wildman–Crippen LogP) is 1.84. The molecule has 1 atom stereocenters. The molecular formula is C15H25N3O2. The molecule has 0 aliphatic heterocycles. The Labute approximate surface area is 120 Å². The average Bonchev–Trinajstić information content (AvgIpc) is 2.90. The molecule has 1 aromatic heterocycles. The molecule has 1 aromatic rings. The van der Waals surface area contributed by atoms with Crippen molar-refractivity contribution in [3.63, 3.8) is 0 Å². The molecule has 1 unspecified atom stereocenters. The van der Waals surface area contributed by atoms with Gasteiger partial charge in [-0.25, -0.2) is 4.98 Å². The molecule has 5 heteroatoms. The van der Waals surface area contributed by atoms with Crippen molar-refractivity contribution in [1.82, 2.24) is 14.5 Å². The maximum Gasteiger partial charge on any atom is 0.224 e. The number of carbonyl (C=O) groups excluding carboxylic acids is 1. The van der Waals surface area contributed by atoms with Crippen LogP contribution in [0.1, 0.15) is 45.1 Å². The minimum absolute atomic E-state index is 0.151. The van der Waals surface area contributed by atoms with Crippen LogP contribution < -0.4 is 0 Å². The maximum atomic E-state index is 12.3. The lowest BCUT2D eigenvalue weighted by Gasteiger charge is -2.34. The number of imidazole rings is 1. The normalized spacial score (nSPS) is 23.1. The second-order valence-corrected chi connectivity index (χ2v) is 5.92. The smallest absolute Gasteiger partial charge is 0.224 e. The third kappa shape index (κ3) is 3.82. The zero-order valence-electron chi connectivity index (χ0n) is 12.4. The Kier molecular flexibility index (Phi) is 5.17. The van der Waals surface area contributed by atoms with Crippen molar-refractivity contribution >= 4 is 5.91 Å². The lowest BCUT2D eigenvalue weighted by Crippen LogP contribution is -2.40. The van der Waals surface area contributed by atoms with Gasteiger partial charge in [0.05, 0.1) is 12.4 Å². The Bertz CT molecular complexity index is 413. The van der Waals surface area contributed by atoms with E-state index in [0.717, 1.165) is 32.2 Å². The number of hydrogen-bond acceptors (Lipinski definition) is 3. The van der Waals surface area contributed by atoms with Crippen LogP contribution in [-0.4, -0.2) is 45.2 Å². The Morgan fingerprint density at radius 2 is 2.30 bits per heavy atom. The van der Waals surface area contributed by atoms with E-state index in [1.807, 2.05) is 22.7 Å². The van der Waals surface area contributed by atoms with Crippen LogP contribution in [-0.2, 0) is 4.79 Å². The van der Waals surface area contributed by atoms with Crippen molar-refractivity contribution < 1.29 is 9.90 Å². The average molecular weight is 279 g/mol. The standard InChI is InChI=1S/C15H25N3O2/c1-3-4-13(18-6-5-16-11-18)9-15(20)17(2)10-12-7-14(19)8-12/h5-6,11-14,19H,3-4,7-10H2,1-2H3. The first-order valence-corrected chi connectivity index (χ1v) is 7.49. The van der Waals surface area contributed by atoms with E-state index in [4.69, 9.17) is 0 Å². The van der Waals surface area contributed by atoms with Crippen molar-refractivity contribution in [2.45, 2.75) is 51.2 Å². The van der Waals surface area contributed by atoms with Crippen molar-refractivity contribution in [2.75, 3.05) is 13.6 Å². The quantitative estimate of drug-likeness (QED) is 0.828. The summed E-state index contributed by atoms with van der Waals surface area (Å²) in [7, 11) is 1.87. The van der Waals surface area contributed by atoms with Gasteiger partial charge in [0.1, 0.15) is 0 Å². The molecule has 1 aliphatic rings. The summed E-state index contributed by atoms with van der Waals surface area (Å²) in [6.07, 6.45) is 9.54. The highest BCUT2D eigenvalue weighted by atomic mass is 16.3. The molecule has 1 N–H and O–H groups in total. The Morgan fingerprint density at radius 3 is 2.85 bits per heavy atom. The van der Waals surface area contributed by atoms with Crippen LogP contribution in [0, 0.1) is 5.92 Å². The molecule has 5 nitrogen and oxygen atoms in total. The summed E-state index contributed by atoms with van der Waals surface area (Å²) < 4.78 is 2.03. The van der Waals surface area contributed by atoms with Crippen molar-refractivity contribution in [1.29, 1.82) is 0 Å². The number of carbonyl (C=O) groups is 1. The van der Waals surface area contributed by atoms with Crippen LogP contribution in [0.4, 0.5) is 0 Å². The number of hydrogen-bond donors (Lipinski definition) is 1. The summed E-state index contributed by atoms with van der Waals surface area (Å²) in [5.41, 5.74) is 0. The first-order valence-electron chi connectivity index (χ1n) is 7.49. The third-order valence-corrected chi connectivity index (χ3v) is 4.15. The SMILES string of the molecule is CCCC(CC(=O)N(C)CC1CC(O)C1)n1ccnc1. The molecule has 1 heterocycles. The molecule has 112 valence electrons. The van der Waals surface area contributed by atoms with E-state index in [9.17, 15) is 9.90 Å². The van der Waals surface area contributed by atoms with Gasteiger partial charge in [-0.05, 0) is 25.2 Å². The lowest BCUT2D eigenvalue weighted by atomic mass is 9.82. The predicted molar refractivity (Wildman–Crippen MR) is 77.2 cm³/mol. The van der Waals surface area contributed by atoms with Crippen LogP contribution in [0.5, 0.6) is 0 Å². The number of aliphatic hydroxyl groups excluding tert-OH is 1.